The Morgan fingerprint density at radius 2 is 1.80 bits per heavy atom. The van der Waals surface area contributed by atoms with Crippen LogP contribution in [0.3, 0.4) is 0 Å². The molecule has 2 aromatic rings. The Bertz CT molecular complexity index is 606. The van der Waals surface area contributed by atoms with Gasteiger partial charge in [0.25, 0.3) is 0 Å². The topological polar surface area (TPSA) is 26.3 Å². The normalized spacial score (nSPS) is 10.3. The van der Waals surface area contributed by atoms with E-state index in [1.807, 2.05) is 6.92 Å². The standard InChI is InChI=1S/C16H14Cl2O2/c1-2-9-20-13-6-3-11(4-7-13)16(19)14-8-5-12(17)10-15(14)18/h3-8,10H,2,9H2,1H3. The minimum Gasteiger partial charge on any atom is -0.494 e. The number of ether oxygens (including phenoxy) is 1. The maximum atomic E-state index is 12.3. The Morgan fingerprint density at radius 3 is 2.40 bits per heavy atom. The van der Waals surface area contributed by atoms with Gasteiger partial charge in [0, 0.05) is 16.1 Å². The Hall–Kier alpha value is -1.51. The molecule has 2 nitrogen and oxygen atoms in total. The molecule has 2 rings (SSSR count). The quantitative estimate of drug-likeness (QED) is 0.725. The number of carbonyl (C=O) groups is 1. The zero-order valence-electron chi connectivity index (χ0n) is 11.0. The second-order valence-electron chi connectivity index (χ2n) is 4.33. The van der Waals surface area contributed by atoms with Gasteiger partial charge in [0.1, 0.15) is 5.75 Å². The first-order valence-electron chi connectivity index (χ1n) is 6.34. The molecule has 0 unspecified atom stereocenters. The Labute approximate surface area is 128 Å². The summed E-state index contributed by atoms with van der Waals surface area (Å²) in [5.41, 5.74) is 1.01. The lowest BCUT2D eigenvalue weighted by Gasteiger charge is -2.07. The van der Waals surface area contributed by atoms with E-state index >= 15 is 0 Å². The highest BCUT2D eigenvalue weighted by Gasteiger charge is 2.13. The average molecular weight is 309 g/mol. The predicted molar refractivity (Wildman–Crippen MR) is 82.1 cm³/mol. The van der Waals surface area contributed by atoms with Crippen LogP contribution in [0.1, 0.15) is 29.3 Å². The van der Waals surface area contributed by atoms with Gasteiger partial charge in [0.2, 0.25) is 0 Å². The molecular formula is C16H14Cl2O2. The van der Waals surface area contributed by atoms with Crippen molar-refractivity contribution >= 4 is 29.0 Å². The second-order valence-corrected chi connectivity index (χ2v) is 5.17. The summed E-state index contributed by atoms with van der Waals surface area (Å²) in [7, 11) is 0. The van der Waals surface area contributed by atoms with Crippen LogP contribution in [-0.4, -0.2) is 12.4 Å². The first-order chi connectivity index (χ1) is 9.61. The number of carbonyl (C=O) groups excluding carboxylic acids is 1. The van der Waals surface area contributed by atoms with Gasteiger partial charge in [-0.25, -0.2) is 0 Å². The molecule has 0 spiro atoms. The fourth-order valence-electron chi connectivity index (χ4n) is 1.75. The first-order valence-corrected chi connectivity index (χ1v) is 7.10. The van der Waals surface area contributed by atoms with E-state index < -0.39 is 0 Å². The zero-order chi connectivity index (χ0) is 14.5. The summed E-state index contributed by atoms with van der Waals surface area (Å²) >= 11 is 11.9. The van der Waals surface area contributed by atoms with E-state index in [0.29, 0.717) is 27.8 Å². The monoisotopic (exact) mass is 308 g/mol. The van der Waals surface area contributed by atoms with Gasteiger partial charge >= 0.3 is 0 Å². The molecule has 0 aliphatic rings. The van der Waals surface area contributed by atoms with Gasteiger partial charge in [-0.1, -0.05) is 30.1 Å². The molecule has 0 saturated carbocycles. The molecule has 4 heteroatoms. The molecule has 20 heavy (non-hydrogen) atoms. The third-order valence-corrected chi connectivity index (χ3v) is 3.31. The molecule has 2 aromatic carbocycles. The van der Waals surface area contributed by atoms with Crippen molar-refractivity contribution in [2.45, 2.75) is 13.3 Å². The summed E-state index contributed by atoms with van der Waals surface area (Å²) in [6, 6.07) is 11.9. The average Bonchev–Trinajstić information content (AvgIpc) is 2.45. The van der Waals surface area contributed by atoms with Gasteiger partial charge in [-0.2, -0.15) is 0 Å². The molecule has 0 heterocycles. The van der Waals surface area contributed by atoms with Crippen molar-refractivity contribution in [1.29, 1.82) is 0 Å². The summed E-state index contributed by atoms with van der Waals surface area (Å²) in [5, 5.41) is 0.865. The smallest absolute Gasteiger partial charge is 0.194 e. The third kappa shape index (κ3) is 3.53. The van der Waals surface area contributed by atoms with Crippen LogP contribution in [-0.2, 0) is 0 Å². The van der Waals surface area contributed by atoms with Crippen LogP contribution in [0.15, 0.2) is 42.5 Å². The summed E-state index contributed by atoms with van der Waals surface area (Å²) in [5.74, 6) is 0.624. The van der Waals surface area contributed by atoms with E-state index in [1.54, 1.807) is 42.5 Å². The molecule has 0 saturated heterocycles. The van der Waals surface area contributed by atoms with Gasteiger partial charge in [-0.05, 0) is 48.9 Å². The van der Waals surface area contributed by atoms with Gasteiger partial charge in [0.05, 0.1) is 11.6 Å². The SMILES string of the molecule is CCCOc1ccc(C(=O)c2ccc(Cl)cc2Cl)cc1. The van der Waals surface area contributed by atoms with Crippen LogP contribution in [0.25, 0.3) is 0 Å². The van der Waals surface area contributed by atoms with Gasteiger partial charge in [-0.3, -0.25) is 4.79 Å². The van der Waals surface area contributed by atoms with Crippen molar-refractivity contribution < 1.29 is 9.53 Å². The van der Waals surface area contributed by atoms with E-state index in [4.69, 9.17) is 27.9 Å². The lowest BCUT2D eigenvalue weighted by molar-refractivity contribution is 0.103. The molecule has 0 fully saturated rings. The van der Waals surface area contributed by atoms with Crippen molar-refractivity contribution in [3.05, 3.63) is 63.6 Å². The van der Waals surface area contributed by atoms with Crippen LogP contribution in [0, 0.1) is 0 Å². The number of rotatable bonds is 5. The Morgan fingerprint density at radius 1 is 1.10 bits per heavy atom. The molecule has 0 radical (unpaired) electrons. The van der Waals surface area contributed by atoms with E-state index in [0.717, 1.165) is 12.2 Å². The Kier molecular flexibility index (Phi) is 5.05. The maximum Gasteiger partial charge on any atom is 0.194 e. The van der Waals surface area contributed by atoms with E-state index in [9.17, 15) is 4.79 Å². The molecule has 0 bridgehead atoms. The highest BCUT2D eigenvalue weighted by atomic mass is 35.5. The maximum absolute atomic E-state index is 12.3. The summed E-state index contributed by atoms with van der Waals surface area (Å²) in [4.78, 5) is 12.3. The lowest BCUT2D eigenvalue weighted by atomic mass is 10.0. The fourth-order valence-corrected chi connectivity index (χ4v) is 2.25. The van der Waals surface area contributed by atoms with Crippen molar-refractivity contribution in [3.8, 4) is 5.75 Å². The van der Waals surface area contributed by atoms with Crippen molar-refractivity contribution in [3.63, 3.8) is 0 Å². The molecule has 0 aliphatic heterocycles. The molecule has 0 atom stereocenters. The Balaban J connectivity index is 2.20. The molecule has 0 aromatic heterocycles. The van der Waals surface area contributed by atoms with Crippen molar-refractivity contribution in [2.24, 2.45) is 0 Å². The van der Waals surface area contributed by atoms with Crippen molar-refractivity contribution in [2.75, 3.05) is 6.61 Å². The highest BCUT2D eigenvalue weighted by molar-refractivity contribution is 6.37. The largest absolute Gasteiger partial charge is 0.494 e. The van der Waals surface area contributed by atoms with Crippen molar-refractivity contribution in [1.82, 2.24) is 0 Å². The van der Waals surface area contributed by atoms with E-state index in [-0.39, 0.29) is 5.78 Å². The highest BCUT2D eigenvalue weighted by Crippen LogP contribution is 2.24. The summed E-state index contributed by atoms with van der Waals surface area (Å²) in [6.07, 6.45) is 0.946. The van der Waals surface area contributed by atoms with Crippen LogP contribution in [0.2, 0.25) is 10.0 Å². The van der Waals surface area contributed by atoms with Crippen LogP contribution >= 0.6 is 23.2 Å². The number of halogens is 2. The number of hydrogen-bond donors (Lipinski definition) is 0. The minimum absolute atomic E-state index is 0.131. The third-order valence-electron chi connectivity index (χ3n) is 2.77. The number of benzene rings is 2. The van der Waals surface area contributed by atoms with Gasteiger partial charge < -0.3 is 4.74 Å². The second kappa shape index (κ2) is 6.78. The summed E-state index contributed by atoms with van der Waals surface area (Å²) < 4.78 is 5.48. The molecular weight excluding hydrogens is 295 g/mol. The lowest BCUT2D eigenvalue weighted by Crippen LogP contribution is -2.02. The number of ketones is 1. The van der Waals surface area contributed by atoms with Crippen LogP contribution in [0.5, 0.6) is 5.75 Å². The first kappa shape index (κ1) is 14.9. The van der Waals surface area contributed by atoms with Crippen LogP contribution in [0.4, 0.5) is 0 Å². The molecule has 0 aliphatic carbocycles. The predicted octanol–water partition coefficient (Wildman–Crippen LogP) is 5.01. The number of hydrogen-bond acceptors (Lipinski definition) is 2. The van der Waals surface area contributed by atoms with Gasteiger partial charge in [0.15, 0.2) is 5.78 Å². The minimum atomic E-state index is -0.131. The van der Waals surface area contributed by atoms with Crippen LogP contribution < -0.4 is 4.74 Å². The molecule has 0 amide bonds. The van der Waals surface area contributed by atoms with E-state index in [1.165, 1.54) is 0 Å². The summed E-state index contributed by atoms with van der Waals surface area (Å²) in [6.45, 7) is 2.71. The zero-order valence-corrected chi connectivity index (χ0v) is 12.5. The molecule has 104 valence electrons. The van der Waals surface area contributed by atoms with Gasteiger partial charge in [-0.15, -0.1) is 0 Å². The fraction of sp³-hybridized carbons (Fsp3) is 0.188. The molecule has 0 N–H and O–H groups in total. The van der Waals surface area contributed by atoms with E-state index in [2.05, 4.69) is 0 Å².